The van der Waals surface area contributed by atoms with E-state index in [4.69, 9.17) is 4.74 Å². The summed E-state index contributed by atoms with van der Waals surface area (Å²) >= 11 is 1.45. The lowest BCUT2D eigenvalue weighted by molar-refractivity contribution is 0.104. The molecular formula is C33H36N2O4S. The highest BCUT2D eigenvalue weighted by atomic mass is 32.1. The zero-order valence-corrected chi connectivity index (χ0v) is 23.8. The van der Waals surface area contributed by atoms with Crippen LogP contribution in [-0.2, 0) is 6.54 Å². The van der Waals surface area contributed by atoms with Crippen molar-refractivity contribution in [2.24, 2.45) is 0 Å². The van der Waals surface area contributed by atoms with Gasteiger partial charge in [-0.05, 0) is 118 Å². The first-order chi connectivity index (χ1) is 19.5. The number of likely N-dealkylation sites (tertiary alicyclic amines) is 2. The molecule has 2 saturated heterocycles. The average molecular weight is 557 g/mol. The lowest BCUT2D eigenvalue weighted by atomic mass is 9.95. The third-order valence-corrected chi connectivity index (χ3v) is 9.38. The van der Waals surface area contributed by atoms with Gasteiger partial charge >= 0.3 is 0 Å². The van der Waals surface area contributed by atoms with Gasteiger partial charge in [0, 0.05) is 39.2 Å². The summed E-state index contributed by atoms with van der Waals surface area (Å²) in [7, 11) is 0. The van der Waals surface area contributed by atoms with Crippen molar-refractivity contribution in [1.82, 2.24) is 9.80 Å². The molecule has 3 heterocycles. The van der Waals surface area contributed by atoms with Gasteiger partial charge in [-0.1, -0.05) is 12.1 Å². The van der Waals surface area contributed by atoms with Gasteiger partial charge in [0.15, 0.2) is 17.3 Å². The van der Waals surface area contributed by atoms with E-state index in [1.807, 2.05) is 24.3 Å². The Morgan fingerprint density at radius 3 is 2.38 bits per heavy atom. The standard InChI is InChI=1S/C33H36N2O4S/c1-22-18-23(6-7-25(22)21-35-14-4-5-15-35)32(38)31-27-10-9-26(36)20-30(27)40-33(31)24-8-11-29(28(37)19-24)39-17-16-34-12-2-3-13-34/h6-11,18-20,36-37H,2-5,12-17,21H2,1H3. The number of carbonyl (C=O) groups is 1. The van der Waals surface area contributed by atoms with Gasteiger partial charge in [-0.15, -0.1) is 11.3 Å². The topological polar surface area (TPSA) is 73.2 Å². The van der Waals surface area contributed by atoms with E-state index in [2.05, 4.69) is 22.8 Å². The first-order valence-electron chi connectivity index (χ1n) is 14.3. The summed E-state index contributed by atoms with van der Waals surface area (Å²) < 4.78 is 6.72. The number of ether oxygens (including phenoxy) is 1. The second kappa shape index (κ2) is 11.6. The van der Waals surface area contributed by atoms with Gasteiger partial charge < -0.3 is 14.9 Å². The number of phenolic OH excluding ortho intramolecular Hbond substituents is 2. The Bertz CT molecular complexity index is 1530. The summed E-state index contributed by atoms with van der Waals surface area (Å²) in [5.74, 6) is 0.595. The third kappa shape index (κ3) is 5.59. The van der Waals surface area contributed by atoms with Gasteiger partial charge in [0.2, 0.25) is 0 Å². The van der Waals surface area contributed by atoms with Crippen LogP contribution in [0.25, 0.3) is 20.5 Å². The second-order valence-corrected chi connectivity index (χ2v) is 12.1. The first kappa shape index (κ1) is 26.8. The lowest BCUT2D eigenvalue weighted by Crippen LogP contribution is -2.25. The highest BCUT2D eigenvalue weighted by molar-refractivity contribution is 7.22. The van der Waals surface area contributed by atoms with Crippen LogP contribution in [0, 0.1) is 6.92 Å². The number of ketones is 1. The van der Waals surface area contributed by atoms with E-state index >= 15 is 0 Å². The molecule has 40 heavy (non-hydrogen) atoms. The lowest BCUT2D eigenvalue weighted by Gasteiger charge is -2.17. The van der Waals surface area contributed by atoms with Crippen molar-refractivity contribution in [2.45, 2.75) is 39.2 Å². The molecule has 0 atom stereocenters. The molecule has 2 aliphatic rings. The minimum Gasteiger partial charge on any atom is -0.508 e. The van der Waals surface area contributed by atoms with Gasteiger partial charge in [0.05, 0.1) is 0 Å². The van der Waals surface area contributed by atoms with E-state index in [0.717, 1.165) is 65.4 Å². The van der Waals surface area contributed by atoms with Crippen LogP contribution in [0.15, 0.2) is 54.6 Å². The Labute approximate surface area is 239 Å². The minimum atomic E-state index is -0.0619. The van der Waals surface area contributed by atoms with Crippen LogP contribution < -0.4 is 4.74 Å². The van der Waals surface area contributed by atoms with Crippen LogP contribution in [-0.4, -0.2) is 65.1 Å². The van der Waals surface area contributed by atoms with E-state index in [0.29, 0.717) is 23.5 Å². The molecule has 7 heteroatoms. The highest BCUT2D eigenvalue weighted by Crippen LogP contribution is 2.43. The molecule has 0 saturated carbocycles. The minimum absolute atomic E-state index is 0.0553. The second-order valence-electron chi connectivity index (χ2n) is 11.0. The molecule has 0 bridgehead atoms. The Balaban J connectivity index is 1.30. The number of carbonyl (C=O) groups excluding carboxylic acids is 1. The van der Waals surface area contributed by atoms with E-state index < -0.39 is 0 Å². The molecule has 2 aliphatic heterocycles. The molecule has 0 spiro atoms. The zero-order valence-electron chi connectivity index (χ0n) is 23.0. The quantitative estimate of drug-likeness (QED) is 0.227. The summed E-state index contributed by atoms with van der Waals surface area (Å²) in [6.45, 7) is 8.83. The van der Waals surface area contributed by atoms with Gasteiger partial charge in [-0.2, -0.15) is 0 Å². The zero-order chi connectivity index (χ0) is 27.6. The summed E-state index contributed by atoms with van der Waals surface area (Å²) in [6, 6.07) is 16.5. The number of aryl methyl sites for hydroxylation is 1. The number of rotatable bonds is 9. The summed E-state index contributed by atoms with van der Waals surface area (Å²) in [5, 5.41) is 21.8. The normalized spacial score (nSPS) is 16.2. The van der Waals surface area contributed by atoms with Crippen molar-refractivity contribution >= 4 is 27.2 Å². The number of phenols is 2. The number of fused-ring (bicyclic) bond motifs is 1. The molecule has 1 aromatic heterocycles. The third-order valence-electron chi connectivity index (χ3n) is 8.18. The molecule has 3 aromatic carbocycles. The number of aromatic hydroxyl groups is 2. The maximum absolute atomic E-state index is 14.1. The van der Waals surface area contributed by atoms with Crippen molar-refractivity contribution in [3.8, 4) is 27.7 Å². The number of benzene rings is 3. The van der Waals surface area contributed by atoms with Crippen molar-refractivity contribution in [3.63, 3.8) is 0 Å². The van der Waals surface area contributed by atoms with Gasteiger partial charge in [-0.3, -0.25) is 14.6 Å². The average Bonchev–Trinajstić information content (AvgIpc) is 3.72. The van der Waals surface area contributed by atoms with Crippen LogP contribution >= 0.6 is 11.3 Å². The summed E-state index contributed by atoms with van der Waals surface area (Å²) in [5.41, 5.74) is 4.35. The fourth-order valence-corrected chi connectivity index (χ4v) is 7.16. The molecule has 0 aliphatic carbocycles. The Morgan fingerprint density at radius 2 is 1.65 bits per heavy atom. The summed E-state index contributed by atoms with van der Waals surface area (Å²) in [6.07, 6.45) is 4.97. The number of thiophene rings is 1. The fraction of sp³-hybridized carbons (Fsp3) is 0.364. The molecule has 208 valence electrons. The van der Waals surface area contributed by atoms with Crippen LogP contribution in [0.1, 0.15) is 52.7 Å². The van der Waals surface area contributed by atoms with E-state index in [-0.39, 0.29) is 17.3 Å². The number of hydrogen-bond donors (Lipinski definition) is 2. The van der Waals surface area contributed by atoms with Crippen molar-refractivity contribution in [1.29, 1.82) is 0 Å². The van der Waals surface area contributed by atoms with Crippen LogP contribution in [0.4, 0.5) is 0 Å². The SMILES string of the molecule is Cc1cc(C(=O)c2c(-c3ccc(OCCN4CCCC4)c(O)c3)sc3cc(O)ccc23)ccc1CN1CCCC1. The molecule has 6 rings (SSSR count). The predicted octanol–water partition coefficient (Wildman–Crippen LogP) is 6.59. The Hall–Kier alpha value is -3.39. The molecule has 2 N–H and O–H groups in total. The number of nitrogens with zero attached hydrogens (tertiary/aromatic N) is 2. The van der Waals surface area contributed by atoms with Gasteiger partial charge in [-0.25, -0.2) is 0 Å². The maximum atomic E-state index is 14.1. The number of hydrogen-bond acceptors (Lipinski definition) is 7. The van der Waals surface area contributed by atoms with Crippen LogP contribution in [0.3, 0.4) is 0 Å². The van der Waals surface area contributed by atoms with Crippen molar-refractivity contribution in [2.75, 3.05) is 39.3 Å². The van der Waals surface area contributed by atoms with E-state index in [9.17, 15) is 15.0 Å². The van der Waals surface area contributed by atoms with Crippen molar-refractivity contribution < 1.29 is 19.7 Å². The molecule has 0 amide bonds. The molecule has 2 fully saturated rings. The van der Waals surface area contributed by atoms with Gasteiger partial charge in [0.1, 0.15) is 12.4 Å². The van der Waals surface area contributed by atoms with E-state index in [1.54, 1.807) is 24.3 Å². The monoisotopic (exact) mass is 556 g/mol. The first-order valence-corrected chi connectivity index (χ1v) is 15.1. The summed E-state index contributed by atoms with van der Waals surface area (Å²) in [4.78, 5) is 19.7. The van der Waals surface area contributed by atoms with Crippen molar-refractivity contribution in [3.05, 3.63) is 76.9 Å². The maximum Gasteiger partial charge on any atom is 0.195 e. The molecule has 4 aromatic rings. The van der Waals surface area contributed by atoms with E-state index in [1.165, 1.54) is 42.6 Å². The molecular weight excluding hydrogens is 520 g/mol. The van der Waals surface area contributed by atoms with Crippen LogP contribution in [0.2, 0.25) is 0 Å². The molecule has 0 radical (unpaired) electrons. The van der Waals surface area contributed by atoms with Crippen LogP contribution in [0.5, 0.6) is 17.2 Å². The highest BCUT2D eigenvalue weighted by Gasteiger charge is 2.23. The fourth-order valence-electron chi connectivity index (χ4n) is 5.93. The Kier molecular flexibility index (Phi) is 7.78. The van der Waals surface area contributed by atoms with Gasteiger partial charge in [0.25, 0.3) is 0 Å². The molecule has 0 unspecified atom stereocenters. The largest absolute Gasteiger partial charge is 0.508 e. The predicted molar refractivity (Wildman–Crippen MR) is 161 cm³/mol. The smallest absolute Gasteiger partial charge is 0.195 e. The Morgan fingerprint density at radius 1 is 0.900 bits per heavy atom. The molecule has 6 nitrogen and oxygen atoms in total.